The number of carboxylic acids is 1. The maximum Gasteiger partial charge on any atom is 0.323 e. The van der Waals surface area contributed by atoms with Gasteiger partial charge in [0, 0.05) is 10.4 Å². The number of carbonyl (C=O) groups is 1. The van der Waals surface area contributed by atoms with Crippen molar-refractivity contribution in [2.75, 3.05) is 0 Å². The normalized spacial score (nSPS) is 11.1. The minimum atomic E-state index is -1.06. The average molecular weight is 328 g/mol. The molecular weight excluding hydrogens is 312 g/mol. The number of thiophene rings is 1. The summed E-state index contributed by atoms with van der Waals surface area (Å²) in [7, 11) is 0. The maximum atomic E-state index is 12.8. The van der Waals surface area contributed by atoms with Gasteiger partial charge in [0.25, 0.3) is 5.56 Å². The summed E-state index contributed by atoms with van der Waals surface area (Å²) >= 11 is 1.46. The first-order chi connectivity index (χ1) is 10.9. The molecule has 6 heteroatoms. The molecule has 2 heterocycles. The molecule has 1 aromatic carbocycles. The van der Waals surface area contributed by atoms with Gasteiger partial charge in [-0.05, 0) is 26.3 Å². The molecule has 23 heavy (non-hydrogen) atoms. The Morgan fingerprint density at radius 3 is 2.48 bits per heavy atom. The summed E-state index contributed by atoms with van der Waals surface area (Å²) in [5.41, 5.74) is 2.64. The van der Waals surface area contributed by atoms with E-state index in [1.807, 2.05) is 38.1 Å². The summed E-state index contributed by atoms with van der Waals surface area (Å²) in [6.07, 6.45) is 0. The molecule has 5 nitrogen and oxygen atoms in total. The van der Waals surface area contributed by atoms with E-state index in [4.69, 9.17) is 5.11 Å². The molecule has 0 saturated carbocycles. The van der Waals surface area contributed by atoms with Crippen LogP contribution < -0.4 is 5.56 Å². The highest BCUT2D eigenvalue weighted by Crippen LogP contribution is 2.35. The van der Waals surface area contributed by atoms with Gasteiger partial charge >= 0.3 is 5.97 Å². The van der Waals surface area contributed by atoms with Crippen molar-refractivity contribution in [3.63, 3.8) is 0 Å². The van der Waals surface area contributed by atoms with Crippen molar-refractivity contribution in [2.24, 2.45) is 0 Å². The van der Waals surface area contributed by atoms with Crippen LogP contribution in [0.15, 0.2) is 29.1 Å². The zero-order valence-electron chi connectivity index (χ0n) is 13.1. The Morgan fingerprint density at radius 1 is 1.22 bits per heavy atom. The zero-order chi connectivity index (χ0) is 16.7. The molecule has 0 saturated heterocycles. The van der Waals surface area contributed by atoms with Crippen LogP contribution in [0.2, 0.25) is 0 Å². The Hall–Kier alpha value is -2.47. The van der Waals surface area contributed by atoms with Gasteiger partial charge in [0.15, 0.2) is 0 Å². The van der Waals surface area contributed by atoms with E-state index in [-0.39, 0.29) is 12.1 Å². The van der Waals surface area contributed by atoms with E-state index in [0.29, 0.717) is 16.0 Å². The lowest BCUT2D eigenvalue weighted by atomic mass is 10.0. The van der Waals surface area contributed by atoms with Crippen LogP contribution in [0.5, 0.6) is 0 Å². The molecule has 0 aliphatic rings. The third kappa shape index (κ3) is 2.66. The fourth-order valence-electron chi connectivity index (χ4n) is 2.69. The number of rotatable bonds is 3. The molecule has 118 valence electrons. The summed E-state index contributed by atoms with van der Waals surface area (Å²) in [6.45, 7) is 5.24. The molecule has 0 aliphatic heterocycles. The summed E-state index contributed by atoms with van der Waals surface area (Å²) in [5.74, 6) is -0.637. The maximum absolute atomic E-state index is 12.8. The monoisotopic (exact) mass is 328 g/mol. The van der Waals surface area contributed by atoms with Gasteiger partial charge in [0.1, 0.15) is 17.2 Å². The third-order valence-electron chi connectivity index (χ3n) is 3.81. The highest BCUT2D eigenvalue weighted by Gasteiger charge is 2.19. The van der Waals surface area contributed by atoms with Crippen molar-refractivity contribution in [3.8, 4) is 11.1 Å². The molecule has 3 rings (SSSR count). The minimum absolute atomic E-state index is 0.296. The molecule has 0 unspecified atom stereocenters. The Kier molecular flexibility index (Phi) is 3.77. The van der Waals surface area contributed by atoms with Crippen molar-refractivity contribution in [1.29, 1.82) is 0 Å². The van der Waals surface area contributed by atoms with Gasteiger partial charge in [-0.15, -0.1) is 11.3 Å². The van der Waals surface area contributed by atoms with E-state index in [9.17, 15) is 9.59 Å². The van der Waals surface area contributed by atoms with Gasteiger partial charge in [0.2, 0.25) is 0 Å². The molecule has 0 radical (unpaired) electrons. The van der Waals surface area contributed by atoms with Crippen LogP contribution >= 0.6 is 11.3 Å². The Bertz CT molecular complexity index is 968. The summed E-state index contributed by atoms with van der Waals surface area (Å²) in [6, 6.07) is 7.95. The first-order valence-corrected chi connectivity index (χ1v) is 7.99. The first-order valence-electron chi connectivity index (χ1n) is 7.18. The van der Waals surface area contributed by atoms with Gasteiger partial charge in [-0.3, -0.25) is 14.2 Å². The van der Waals surface area contributed by atoms with E-state index in [1.54, 1.807) is 6.92 Å². The van der Waals surface area contributed by atoms with Gasteiger partial charge in [-0.25, -0.2) is 4.98 Å². The molecule has 0 aliphatic carbocycles. The van der Waals surface area contributed by atoms with Crippen molar-refractivity contribution in [1.82, 2.24) is 9.55 Å². The standard InChI is InChI=1S/C17H16N2O3S/c1-9-4-6-12(7-5-9)14-10(2)23-16-15(14)17(22)19(8-13(20)21)11(3)18-16/h4-7H,8H2,1-3H3,(H,20,21). The summed E-state index contributed by atoms with van der Waals surface area (Å²) in [4.78, 5) is 29.9. The van der Waals surface area contributed by atoms with E-state index in [0.717, 1.165) is 21.6 Å². The number of nitrogens with zero attached hydrogens (tertiary/aromatic N) is 2. The lowest BCUT2D eigenvalue weighted by molar-refractivity contribution is -0.137. The highest BCUT2D eigenvalue weighted by molar-refractivity contribution is 7.19. The Labute approximate surface area is 136 Å². The Balaban J connectivity index is 2.34. The molecule has 1 N–H and O–H groups in total. The first kappa shape index (κ1) is 15.4. The molecule has 0 atom stereocenters. The number of hydrogen-bond donors (Lipinski definition) is 1. The Morgan fingerprint density at radius 2 is 1.87 bits per heavy atom. The third-order valence-corrected chi connectivity index (χ3v) is 4.81. The highest BCUT2D eigenvalue weighted by atomic mass is 32.1. The van der Waals surface area contributed by atoms with Gasteiger partial charge in [-0.1, -0.05) is 29.8 Å². The fourth-order valence-corrected chi connectivity index (χ4v) is 3.77. The van der Waals surface area contributed by atoms with Crippen molar-refractivity contribution in [2.45, 2.75) is 27.3 Å². The molecule has 0 bridgehead atoms. The SMILES string of the molecule is Cc1ccc(-c2c(C)sc3nc(C)n(CC(=O)O)c(=O)c23)cc1. The van der Waals surface area contributed by atoms with Crippen LogP contribution in [-0.2, 0) is 11.3 Å². The number of aromatic nitrogens is 2. The lowest BCUT2D eigenvalue weighted by Gasteiger charge is -2.08. The van der Waals surface area contributed by atoms with Crippen molar-refractivity contribution >= 4 is 27.5 Å². The quantitative estimate of drug-likeness (QED) is 0.802. The molecule has 2 aromatic heterocycles. The van der Waals surface area contributed by atoms with Crippen LogP contribution in [0.3, 0.4) is 0 Å². The number of carboxylic acid groups (broad SMARTS) is 1. The van der Waals surface area contributed by atoms with Crippen LogP contribution in [0.25, 0.3) is 21.3 Å². The summed E-state index contributed by atoms with van der Waals surface area (Å²) < 4.78 is 1.22. The van der Waals surface area contributed by atoms with Gasteiger partial charge in [0.05, 0.1) is 5.39 Å². The predicted octanol–water partition coefficient (Wildman–Crippen LogP) is 3.13. The molecule has 3 aromatic rings. The smallest absolute Gasteiger partial charge is 0.323 e. The van der Waals surface area contributed by atoms with Gasteiger partial charge < -0.3 is 5.11 Å². The van der Waals surface area contributed by atoms with Crippen LogP contribution in [0.4, 0.5) is 0 Å². The van der Waals surface area contributed by atoms with Crippen LogP contribution in [0.1, 0.15) is 16.3 Å². The summed E-state index contributed by atoms with van der Waals surface area (Å²) in [5, 5.41) is 9.53. The fraction of sp³-hybridized carbons (Fsp3) is 0.235. The minimum Gasteiger partial charge on any atom is -0.480 e. The van der Waals surface area contributed by atoms with E-state index < -0.39 is 5.97 Å². The molecule has 0 fully saturated rings. The number of benzene rings is 1. The lowest BCUT2D eigenvalue weighted by Crippen LogP contribution is -2.27. The zero-order valence-corrected chi connectivity index (χ0v) is 13.9. The number of fused-ring (bicyclic) bond motifs is 1. The molecule has 0 spiro atoms. The predicted molar refractivity (Wildman–Crippen MR) is 91.2 cm³/mol. The number of aliphatic carboxylic acids is 1. The second kappa shape index (κ2) is 5.62. The molecule has 0 amide bonds. The largest absolute Gasteiger partial charge is 0.480 e. The van der Waals surface area contributed by atoms with Crippen LogP contribution in [0, 0.1) is 20.8 Å². The second-order valence-electron chi connectivity index (χ2n) is 5.52. The van der Waals surface area contributed by atoms with E-state index >= 15 is 0 Å². The van der Waals surface area contributed by atoms with Gasteiger partial charge in [-0.2, -0.15) is 0 Å². The second-order valence-corrected chi connectivity index (χ2v) is 6.73. The van der Waals surface area contributed by atoms with E-state index in [1.165, 1.54) is 15.9 Å². The topological polar surface area (TPSA) is 72.2 Å². The van der Waals surface area contributed by atoms with E-state index in [2.05, 4.69) is 4.98 Å². The average Bonchev–Trinajstić information content (AvgIpc) is 2.80. The van der Waals surface area contributed by atoms with Crippen molar-refractivity contribution < 1.29 is 9.90 Å². The van der Waals surface area contributed by atoms with Crippen LogP contribution in [-0.4, -0.2) is 20.6 Å². The number of aryl methyl sites for hydroxylation is 3. The van der Waals surface area contributed by atoms with Crippen molar-refractivity contribution in [3.05, 3.63) is 50.9 Å². The molecular formula is C17H16N2O3S. The number of hydrogen-bond acceptors (Lipinski definition) is 4.